The second-order valence-electron chi connectivity index (χ2n) is 5.02. The molecule has 5 heteroatoms. The lowest BCUT2D eigenvalue weighted by atomic mass is 10.1. The van der Waals surface area contributed by atoms with E-state index in [1.54, 1.807) is 29.5 Å². The molecule has 2 heterocycles. The van der Waals surface area contributed by atoms with Crippen molar-refractivity contribution < 1.29 is 4.79 Å². The second kappa shape index (κ2) is 6.32. The predicted molar refractivity (Wildman–Crippen MR) is 77.3 cm³/mol. The molecular weight excluding hydrogens is 252 g/mol. The van der Waals surface area contributed by atoms with E-state index in [1.807, 2.05) is 32.9 Å². The number of hydrogen-bond acceptors (Lipinski definition) is 3. The van der Waals surface area contributed by atoms with E-state index in [0.29, 0.717) is 5.56 Å². The number of hydrogen-bond donors (Lipinski definition) is 1. The third-order valence-corrected chi connectivity index (χ3v) is 3.21. The van der Waals surface area contributed by atoms with Crippen LogP contribution in [0.15, 0.2) is 36.9 Å². The van der Waals surface area contributed by atoms with Crippen LogP contribution in [-0.4, -0.2) is 20.7 Å². The average molecular weight is 272 g/mol. The van der Waals surface area contributed by atoms with Gasteiger partial charge in [0.1, 0.15) is 0 Å². The number of pyridine rings is 1. The third-order valence-electron chi connectivity index (χ3n) is 3.21. The van der Waals surface area contributed by atoms with E-state index in [1.165, 1.54) is 0 Å². The zero-order valence-corrected chi connectivity index (χ0v) is 12.1. The van der Waals surface area contributed by atoms with Crippen molar-refractivity contribution in [2.45, 2.75) is 39.3 Å². The van der Waals surface area contributed by atoms with Crippen LogP contribution in [0.3, 0.4) is 0 Å². The van der Waals surface area contributed by atoms with Crippen molar-refractivity contribution in [1.29, 1.82) is 0 Å². The summed E-state index contributed by atoms with van der Waals surface area (Å²) in [5.41, 5.74) is 1.65. The van der Waals surface area contributed by atoms with Crippen LogP contribution >= 0.6 is 0 Å². The van der Waals surface area contributed by atoms with Crippen molar-refractivity contribution in [3.05, 3.63) is 48.0 Å². The molecule has 0 aromatic carbocycles. The maximum Gasteiger partial charge on any atom is 0.254 e. The summed E-state index contributed by atoms with van der Waals surface area (Å²) in [4.78, 5) is 16.2. The maximum absolute atomic E-state index is 12.2. The van der Waals surface area contributed by atoms with Crippen LogP contribution in [0.5, 0.6) is 0 Å². The fourth-order valence-electron chi connectivity index (χ4n) is 2.00. The molecule has 0 radical (unpaired) electrons. The Balaban J connectivity index is 2.09. The lowest BCUT2D eigenvalue weighted by molar-refractivity contribution is 0.0935. The van der Waals surface area contributed by atoms with Crippen LogP contribution in [0.1, 0.15) is 55.2 Å². The molecule has 2 rings (SSSR count). The van der Waals surface area contributed by atoms with E-state index in [4.69, 9.17) is 0 Å². The molecule has 1 amide bonds. The fourth-order valence-corrected chi connectivity index (χ4v) is 2.00. The molecule has 20 heavy (non-hydrogen) atoms. The van der Waals surface area contributed by atoms with Crippen molar-refractivity contribution >= 4 is 5.91 Å². The molecule has 0 saturated carbocycles. The summed E-state index contributed by atoms with van der Waals surface area (Å²) in [5, 5.41) is 7.22. The Labute approximate surface area is 119 Å². The van der Waals surface area contributed by atoms with Gasteiger partial charge in [-0.15, -0.1) is 0 Å². The van der Waals surface area contributed by atoms with E-state index in [-0.39, 0.29) is 18.0 Å². The normalized spacial score (nSPS) is 12.4. The monoisotopic (exact) mass is 272 g/mol. The number of amides is 1. The zero-order valence-electron chi connectivity index (χ0n) is 12.1. The van der Waals surface area contributed by atoms with Crippen molar-refractivity contribution in [3.8, 4) is 0 Å². The van der Waals surface area contributed by atoms with Crippen molar-refractivity contribution in [3.63, 3.8) is 0 Å². The van der Waals surface area contributed by atoms with Gasteiger partial charge in [0.25, 0.3) is 5.91 Å². The number of carbonyl (C=O) groups excluding carboxylic acids is 1. The van der Waals surface area contributed by atoms with E-state index in [0.717, 1.165) is 12.0 Å². The smallest absolute Gasteiger partial charge is 0.254 e. The molecule has 0 spiro atoms. The van der Waals surface area contributed by atoms with Gasteiger partial charge in [0, 0.05) is 24.6 Å². The largest absolute Gasteiger partial charge is 0.345 e. The second-order valence-corrected chi connectivity index (χ2v) is 5.02. The van der Waals surface area contributed by atoms with E-state index < -0.39 is 0 Å². The lowest BCUT2D eigenvalue weighted by Gasteiger charge is -2.16. The van der Waals surface area contributed by atoms with Crippen LogP contribution in [0.2, 0.25) is 0 Å². The number of rotatable bonds is 5. The fraction of sp³-hybridized carbons (Fsp3) is 0.400. The van der Waals surface area contributed by atoms with Crippen molar-refractivity contribution in [2.75, 3.05) is 0 Å². The Morgan fingerprint density at radius 3 is 2.60 bits per heavy atom. The van der Waals surface area contributed by atoms with E-state index >= 15 is 0 Å². The molecule has 0 aliphatic carbocycles. The molecule has 1 N–H and O–H groups in total. The zero-order chi connectivity index (χ0) is 14.5. The minimum Gasteiger partial charge on any atom is -0.345 e. The molecule has 0 aliphatic heterocycles. The highest BCUT2D eigenvalue weighted by atomic mass is 16.1. The first kappa shape index (κ1) is 14.2. The maximum atomic E-state index is 12.2. The highest BCUT2D eigenvalue weighted by Crippen LogP contribution is 2.16. The Bertz CT molecular complexity index is 562. The molecule has 0 fully saturated rings. The highest BCUT2D eigenvalue weighted by molar-refractivity contribution is 5.93. The molecule has 1 unspecified atom stereocenters. The summed E-state index contributed by atoms with van der Waals surface area (Å²) in [7, 11) is 0. The van der Waals surface area contributed by atoms with E-state index in [9.17, 15) is 4.79 Å². The van der Waals surface area contributed by atoms with Gasteiger partial charge in [-0.2, -0.15) is 5.10 Å². The molecule has 106 valence electrons. The summed E-state index contributed by atoms with van der Waals surface area (Å²) in [5.74, 6) is -0.0967. The summed E-state index contributed by atoms with van der Waals surface area (Å²) >= 11 is 0. The van der Waals surface area contributed by atoms with Gasteiger partial charge in [0.2, 0.25) is 0 Å². The molecule has 0 bridgehead atoms. The van der Waals surface area contributed by atoms with Gasteiger partial charge >= 0.3 is 0 Å². The van der Waals surface area contributed by atoms with Gasteiger partial charge in [0.15, 0.2) is 0 Å². The number of carbonyl (C=O) groups is 1. The van der Waals surface area contributed by atoms with Crippen molar-refractivity contribution in [2.24, 2.45) is 0 Å². The Morgan fingerprint density at radius 1 is 1.35 bits per heavy atom. The average Bonchev–Trinajstić information content (AvgIpc) is 2.95. The van der Waals surface area contributed by atoms with Gasteiger partial charge in [-0.05, 0) is 38.0 Å². The van der Waals surface area contributed by atoms with Crippen molar-refractivity contribution in [1.82, 2.24) is 20.1 Å². The van der Waals surface area contributed by atoms with Gasteiger partial charge in [-0.25, -0.2) is 0 Å². The summed E-state index contributed by atoms with van der Waals surface area (Å²) < 4.78 is 1.78. The third kappa shape index (κ3) is 3.23. The first-order valence-corrected chi connectivity index (χ1v) is 6.86. The van der Waals surface area contributed by atoms with Crippen LogP contribution in [0.25, 0.3) is 0 Å². The van der Waals surface area contributed by atoms with Gasteiger partial charge < -0.3 is 5.32 Å². The summed E-state index contributed by atoms with van der Waals surface area (Å²) in [6.07, 6.45) is 7.68. The van der Waals surface area contributed by atoms with Crippen LogP contribution in [0.4, 0.5) is 0 Å². The molecule has 0 saturated heterocycles. The van der Waals surface area contributed by atoms with Gasteiger partial charge in [-0.1, -0.05) is 6.92 Å². The molecule has 2 aromatic heterocycles. The van der Waals surface area contributed by atoms with Gasteiger partial charge in [-0.3, -0.25) is 14.5 Å². The lowest BCUT2D eigenvalue weighted by Crippen LogP contribution is -2.27. The first-order chi connectivity index (χ1) is 9.61. The van der Waals surface area contributed by atoms with Gasteiger partial charge in [0.05, 0.1) is 17.8 Å². The minimum absolute atomic E-state index is 0.00657. The first-order valence-electron chi connectivity index (χ1n) is 6.86. The molecule has 0 aliphatic rings. The number of nitrogens with zero attached hydrogens (tertiary/aromatic N) is 3. The summed E-state index contributed by atoms with van der Waals surface area (Å²) in [6.45, 7) is 6.10. The molecule has 2 aromatic rings. The molecular formula is C15H20N4O. The Morgan fingerprint density at radius 2 is 2.05 bits per heavy atom. The summed E-state index contributed by atoms with van der Waals surface area (Å²) in [6, 6.07) is 4.09. The number of aromatic nitrogens is 3. The highest BCUT2D eigenvalue weighted by Gasteiger charge is 2.15. The molecule has 1 atom stereocenters. The quantitative estimate of drug-likeness (QED) is 0.910. The van der Waals surface area contributed by atoms with Crippen LogP contribution < -0.4 is 5.32 Å². The Hall–Kier alpha value is -2.17. The van der Waals surface area contributed by atoms with Crippen LogP contribution in [0, 0.1) is 0 Å². The minimum atomic E-state index is -0.0967. The predicted octanol–water partition coefficient (Wildman–Crippen LogP) is 2.74. The molecule has 5 nitrogen and oxygen atoms in total. The SMILES string of the molecule is CCC(NC(=O)c1cnn(C(C)C)c1)c1ccncc1. The van der Waals surface area contributed by atoms with E-state index in [2.05, 4.69) is 15.4 Å². The Kier molecular flexibility index (Phi) is 4.50. The standard InChI is InChI=1S/C15H20N4O/c1-4-14(12-5-7-16-8-6-12)18-15(20)13-9-17-19(10-13)11(2)3/h5-11,14H,4H2,1-3H3,(H,18,20). The topological polar surface area (TPSA) is 59.8 Å². The number of nitrogens with one attached hydrogen (secondary N) is 1. The van der Waals surface area contributed by atoms with Crippen LogP contribution in [-0.2, 0) is 0 Å².